The van der Waals surface area contributed by atoms with Crippen LogP contribution >= 0.6 is 0 Å². The average molecular weight is 728 g/mol. The molecule has 0 spiro atoms. The molecule has 2 saturated heterocycles. The van der Waals surface area contributed by atoms with Gasteiger partial charge in [0, 0.05) is 90.1 Å². The number of hydrogen-bond acceptors (Lipinski definition) is 12. The molecule has 54 heavy (non-hydrogen) atoms. The Morgan fingerprint density at radius 2 is 1.30 bits per heavy atom. The van der Waals surface area contributed by atoms with Crippen LogP contribution in [0.25, 0.3) is 32.6 Å². The van der Waals surface area contributed by atoms with Crippen LogP contribution in [0.4, 0.5) is 23.0 Å². The van der Waals surface area contributed by atoms with Crippen molar-refractivity contribution in [2.24, 2.45) is 0 Å². The molecule has 14 heteroatoms. The minimum atomic E-state index is 0.444. The highest BCUT2D eigenvalue weighted by Gasteiger charge is 2.13. The number of fused-ring (bicyclic) bond motifs is 3. The first-order valence-corrected chi connectivity index (χ1v) is 18.4. The van der Waals surface area contributed by atoms with Gasteiger partial charge in [0.1, 0.15) is 5.75 Å². The van der Waals surface area contributed by atoms with Crippen molar-refractivity contribution in [2.45, 2.75) is 13.1 Å². The highest BCUT2D eigenvalue weighted by molar-refractivity contribution is 5.97. The number of benzene rings is 4. The van der Waals surface area contributed by atoms with Crippen LogP contribution < -0.4 is 21.5 Å². The van der Waals surface area contributed by atoms with Crippen molar-refractivity contribution in [1.29, 1.82) is 0 Å². The molecule has 14 nitrogen and oxygen atoms in total. The first-order valence-electron chi connectivity index (χ1n) is 18.4. The first-order chi connectivity index (χ1) is 26.6. The van der Waals surface area contributed by atoms with E-state index in [9.17, 15) is 0 Å². The molecule has 2 aliphatic rings. The van der Waals surface area contributed by atoms with Crippen LogP contribution in [0.15, 0.2) is 97.5 Å². The van der Waals surface area contributed by atoms with Gasteiger partial charge >= 0.3 is 0 Å². The van der Waals surface area contributed by atoms with E-state index in [1.807, 2.05) is 77.7 Å². The third-order valence-electron chi connectivity index (χ3n) is 9.79. The van der Waals surface area contributed by atoms with E-state index in [4.69, 9.17) is 25.7 Å². The fraction of sp³-hybridized carbons (Fsp3) is 0.300. The van der Waals surface area contributed by atoms with Gasteiger partial charge in [-0.2, -0.15) is 15.2 Å². The van der Waals surface area contributed by atoms with E-state index in [0.717, 1.165) is 123 Å². The smallest absolute Gasteiger partial charge is 0.230 e. The van der Waals surface area contributed by atoms with Crippen LogP contribution in [0.5, 0.6) is 11.6 Å². The summed E-state index contributed by atoms with van der Waals surface area (Å²) in [5.74, 6) is 1.58. The van der Waals surface area contributed by atoms with Crippen molar-refractivity contribution in [1.82, 2.24) is 39.3 Å². The highest BCUT2D eigenvalue weighted by atomic mass is 16.5. The summed E-state index contributed by atoms with van der Waals surface area (Å²) in [5.41, 5.74) is 16.5. The standard InChI is InChI=1S/C27H27N7O2.C13H18N4O/c28-23-6-8-25(22-4-2-1-3-21(22)23)36-26-9-10-29-27(32-26)31-20-5-7-24-19(17-20)18-30-34(24)12-11-33-13-15-35-16-14-33;14-12-1-2-13-11(9-12)10-15-17(13)4-3-16-5-7-18-8-6-16/h1-10,17-18H,11-16,28H2,(H,29,31,32);1-2,9-10H,3-8,14H2. The van der Waals surface area contributed by atoms with E-state index in [-0.39, 0.29) is 0 Å². The molecule has 9 rings (SSSR count). The van der Waals surface area contributed by atoms with Crippen molar-refractivity contribution in [3.63, 3.8) is 0 Å². The Bertz CT molecular complexity index is 2330. The first kappa shape index (κ1) is 35.2. The van der Waals surface area contributed by atoms with Crippen molar-refractivity contribution in [3.05, 3.63) is 97.5 Å². The minimum Gasteiger partial charge on any atom is -0.438 e. The van der Waals surface area contributed by atoms with Gasteiger partial charge in [0.15, 0.2) is 0 Å². The van der Waals surface area contributed by atoms with Gasteiger partial charge in [0.25, 0.3) is 0 Å². The van der Waals surface area contributed by atoms with Gasteiger partial charge in [0.2, 0.25) is 11.8 Å². The Morgan fingerprint density at radius 3 is 1.98 bits per heavy atom. The zero-order valence-corrected chi connectivity index (χ0v) is 30.2. The van der Waals surface area contributed by atoms with Gasteiger partial charge in [-0.1, -0.05) is 24.3 Å². The molecule has 0 saturated carbocycles. The van der Waals surface area contributed by atoms with Crippen molar-refractivity contribution < 1.29 is 14.2 Å². The number of nitrogens with one attached hydrogen (secondary N) is 1. The number of ether oxygens (including phenoxy) is 3. The number of nitrogens with zero attached hydrogens (tertiary/aromatic N) is 8. The highest BCUT2D eigenvalue weighted by Crippen LogP contribution is 2.33. The molecule has 0 aliphatic carbocycles. The largest absolute Gasteiger partial charge is 0.438 e. The van der Waals surface area contributed by atoms with E-state index in [2.05, 4.69) is 52.1 Å². The fourth-order valence-corrected chi connectivity index (χ4v) is 6.83. The summed E-state index contributed by atoms with van der Waals surface area (Å²) < 4.78 is 21.0. The summed E-state index contributed by atoms with van der Waals surface area (Å²) in [5, 5.41) is 16.3. The van der Waals surface area contributed by atoms with Gasteiger partial charge in [-0.3, -0.25) is 19.2 Å². The van der Waals surface area contributed by atoms with E-state index in [1.54, 1.807) is 12.3 Å². The maximum Gasteiger partial charge on any atom is 0.230 e. The SMILES string of the molecule is Nc1ccc(Oc2ccnc(Nc3ccc4c(cnn4CCN4CCOCC4)c3)n2)c2ccccc12.Nc1ccc2c(cnn2CCN2CCOCC2)c1. The predicted octanol–water partition coefficient (Wildman–Crippen LogP) is 5.38. The molecule has 5 N–H and O–H groups in total. The lowest BCUT2D eigenvalue weighted by molar-refractivity contribution is 0.0361. The number of nitrogen functional groups attached to an aromatic ring is 2. The molecular weight excluding hydrogens is 683 g/mol. The van der Waals surface area contributed by atoms with Crippen LogP contribution in [-0.2, 0) is 22.6 Å². The molecule has 3 aromatic heterocycles. The molecule has 5 heterocycles. The van der Waals surface area contributed by atoms with E-state index >= 15 is 0 Å². The zero-order chi connectivity index (χ0) is 36.7. The molecule has 0 amide bonds. The number of aromatic nitrogens is 6. The molecule has 2 fully saturated rings. The Balaban J connectivity index is 0.000000192. The maximum absolute atomic E-state index is 6.12. The molecule has 278 valence electrons. The van der Waals surface area contributed by atoms with Crippen molar-refractivity contribution in [3.8, 4) is 11.6 Å². The summed E-state index contributed by atoms with van der Waals surface area (Å²) in [6.07, 6.45) is 5.45. The molecule has 0 radical (unpaired) electrons. The monoisotopic (exact) mass is 727 g/mol. The van der Waals surface area contributed by atoms with Gasteiger partial charge in [0.05, 0.1) is 62.9 Å². The van der Waals surface area contributed by atoms with Crippen LogP contribution in [-0.4, -0.2) is 105 Å². The number of rotatable bonds is 10. The lowest BCUT2D eigenvalue weighted by atomic mass is 10.1. The van der Waals surface area contributed by atoms with Crippen LogP contribution in [0.3, 0.4) is 0 Å². The Hall–Kier alpha value is -5.80. The van der Waals surface area contributed by atoms with Gasteiger partial charge < -0.3 is 31.0 Å². The van der Waals surface area contributed by atoms with Gasteiger partial charge in [-0.15, -0.1) is 0 Å². The topological polar surface area (TPSA) is 160 Å². The van der Waals surface area contributed by atoms with Crippen molar-refractivity contribution in [2.75, 3.05) is 82.5 Å². The second-order valence-corrected chi connectivity index (χ2v) is 13.4. The summed E-state index contributed by atoms with van der Waals surface area (Å²) in [6, 6.07) is 25.4. The number of hydrogen-bond donors (Lipinski definition) is 3. The second kappa shape index (κ2) is 16.5. The summed E-state index contributed by atoms with van der Waals surface area (Å²) in [6.45, 7) is 11.0. The minimum absolute atomic E-state index is 0.444. The molecule has 7 aromatic rings. The van der Waals surface area contributed by atoms with Gasteiger partial charge in [-0.25, -0.2) is 4.98 Å². The van der Waals surface area contributed by atoms with Crippen molar-refractivity contribution >= 4 is 55.6 Å². The Kier molecular flexibility index (Phi) is 10.8. The zero-order valence-electron chi connectivity index (χ0n) is 30.2. The maximum atomic E-state index is 6.12. The third-order valence-corrected chi connectivity index (χ3v) is 9.79. The third kappa shape index (κ3) is 8.37. The fourth-order valence-electron chi connectivity index (χ4n) is 6.83. The number of nitrogens with two attached hydrogens (primary N) is 2. The quantitative estimate of drug-likeness (QED) is 0.155. The number of anilines is 4. The molecule has 0 unspecified atom stereocenters. The van der Waals surface area contributed by atoms with E-state index in [1.165, 1.54) is 0 Å². The number of morpholine rings is 2. The van der Waals surface area contributed by atoms with Crippen LogP contribution in [0, 0.1) is 0 Å². The van der Waals surface area contributed by atoms with Crippen LogP contribution in [0.1, 0.15) is 0 Å². The average Bonchev–Trinajstić information content (AvgIpc) is 3.81. The normalized spacial score (nSPS) is 15.3. The summed E-state index contributed by atoms with van der Waals surface area (Å²) in [4.78, 5) is 13.7. The second-order valence-electron chi connectivity index (χ2n) is 13.4. The molecule has 0 atom stereocenters. The lowest BCUT2D eigenvalue weighted by Gasteiger charge is -2.26. The van der Waals surface area contributed by atoms with Gasteiger partial charge in [-0.05, 0) is 48.5 Å². The summed E-state index contributed by atoms with van der Waals surface area (Å²) >= 11 is 0. The van der Waals surface area contributed by atoms with E-state index in [0.29, 0.717) is 23.3 Å². The molecule has 0 bridgehead atoms. The van der Waals surface area contributed by atoms with E-state index < -0.39 is 0 Å². The lowest BCUT2D eigenvalue weighted by Crippen LogP contribution is -2.38. The molecule has 4 aromatic carbocycles. The van der Waals surface area contributed by atoms with Crippen LogP contribution in [0.2, 0.25) is 0 Å². The Morgan fingerprint density at radius 1 is 0.667 bits per heavy atom. The molecular formula is C40H45N11O3. The summed E-state index contributed by atoms with van der Waals surface area (Å²) in [7, 11) is 0. The molecule has 2 aliphatic heterocycles. The predicted molar refractivity (Wildman–Crippen MR) is 212 cm³/mol. The Labute approximate surface area is 313 Å².